The highest BCUT2D eigenvalue weighted by atomic mass is 16.5. The third-order valence-corrected chi connectivity index (χ3v) is 3.84. The van der Waals surface area contributed by atoms with Crippen LogP contribution >= 0.6 is 0 Å². The maximum atomic E-state index is 12.7. The summed E-state index contributed by atoms with van der Waals surface area (Å²) in [5.41, 5.74) is 1.74. The first-order chi connectivity index (χ1) is 11.8. The number of aliphatic hydroxyl groups is 1. The van der Waals surface area contributed by atoms with Gasteiger partial charge in [-0.3, -0.25) is 9.59 Å². The van der Waals surface area contributed by atoms with Crippen LogP contribution in [0.15, 0.2) is 24.3 Å². The summed E-state index contributed by atoms with van der Waals surface area (Å²) in [6, 6.07) is 7.52. The van der Waals surface area contributed by atoms with E-state index >= 15 is 0 Å². The van der Waals surface area contributed by atoms with E-state index < -0.39 is 0 Å². The molecule has 1 rings (SSSR count). The number of benzene rings is 1. The summed E-state index contributed by atoms with van der Waals surface area (Å²) in [7, 11) is 1.32. The van der Waals surface area contributed by atoms with Gasteiger partial charge in [-0.1, -0.05) is 32.9 Å². The number of amides is 1. The van der Waals surface area contributed by atoms with Crippen LogP contribution in [-0.4, -0.2) is 61.9 Å². The molecule has 0 atom stereocenters. The second kappa shape index (κ2) is 10.2. The molecule has 0 spiro atoms. The third kappa shape index (κ3) is 7.23. The number of methoxy groups -OCH3 is 1. The van der Waals surface area contributed by atoms with Crippen molar-refractivity contribution in [1.29, 1.82) is 0 Å². The summed E-state index contributed by atoms with van der Waals surface area (Å²) >= 11 is 0. The third-order valence-electron chi connectivity index (χ3n) is 3.84. The van der Waals surface area contributed by atoms with Crippen molar-refractivity contribution in [3.05, 3.63) is 35.4 Å². The molecular weight excluding hydrogens is 322 g/mol. The average molecular weight is 351 g/mol. The molecule has 0 aliphatic carbocycles. The zero-order valence-corrected chi connectivity index (χ0v) is 15.6. The lowest BCUT2D eigenvalue weighted by Gasteiger charge is -2.23. The molecule has 0 saturated heterocycles. The number of carbonyl (C=O) groups is 2. The van der Waals surface area contributed by atoms with Crippen molar-refractivity contribution in [1.82, 2.24) is 4.90 Å². The molecule has 0 aliphatic heterocycles. The van der Waals surface area contributed by atoms with E-state index in [0.717, 1.165) is 5.56 Å². The number of aliphatic hydroxyl groups excluding tert-OH is 1. The molecule has 6 nitrogen and oxygen atoms in total. The van der Waals surface area contributed by atoms with Crippen molar-refractivity contribution in [3.8, 4) is 0 Å². The van der Waals surface area contributed by atoms with Crippen LogP contribution in [0.2, 0.25) is 0 Å². The summed E-state index contributed by atoms with van der Waals surface area (Å²) in [4.78, 5) is 25.7. The summed E-state index contributed by atoms with van der Waals surface area (Å²) in [6.07, 6.45) is 0.127. The van der Waals surface area contributed by atoms with E-state index in [4.69, 9.17) is 9.84 Å². The molecule has 25 heavy (non-hydrogen) atoms. The second-order valence-electron chi connectivity index (χ2n) is 6.78. The minimum atomic E-state index is -0.364. The van der Waals surface area contributed by atoms with Crippen molar-refractivity contribution in [2.24, 2.45) is 0 Å². The van der Waals surface area contributed by atoms with Crippen molar-refractivity contribution < 1.29 is 24.2 Å². The first-order valence-electron chi connectivity index (χ1n) is 8.45. The average Bonchev–Trinajstić information content (AvgIpc) is 2.59. The SMILES string of the molecule is COC(=O)CCN(CCOCCO)C(=O)c1ccc(C(C)(C)C)cc1. The van der Waals surface area contributed by atoms with Crippen LogP contribution in [0.1, 0.15) is 43.1 Å². The van der Waals surface area contributed by atoms with E-state index in [1.807, 2.05) is 24.3 Å². The highest BCUT2D eigenvalue weighted by Gasteiger charge is 2.19. The van der Waals surface area contributed by atoms with Gasteiger partial charge in [0.1, 0.15) is 0 Å². The van der Waals surface area contributed by atoms with Crippen LogP contribution in [0.4, 0.5) is 0 Å². The Morgan fingerprint density at radius 2 is 1.72 bits per heavy atom. The van der Waals surface area contributed by atoms with Gasteiger partial charge in [0.05, 0.1) is 33.4 Å². The van der Waals surface area contributed by atoms with E-state index in [0.29, 0.717) is 18.7 Å². The maximum Gasteiger partial charge on any atom is 0.307 e. The monoisotopic (exact) mass is 351 g/mol. The molecule has 0 unspecified atom stereocenters. The highest BCUT2D eigenvalue weighted by Crippen LogP contribution is 2.22. The van der Waals surface area contributed by atoms with Crippen LogP contribution in [0.25, 0.3) is 0 Å². The Bertz CT molecular complexity index is 548. The van der Waals surface area contributed by atoms with Crippen LogP contribution in [0, 0.1) is 0 Å². The second-order valence-corrected chi connectivity index (χ2v) is 6.78. The quantitative estimate of drug-likeness (QED) is 0.544. The molecule has 1 aromatic rings. The van der Waals surface area contributed by atoms with Gasteiger partial charge in [-0.25, -0.2) is 0 Å². The number of ether oxygens (including phenoxy) is 2. The van der Waals surface area contributed by atoms with Gasteiger partial charge in [-0.15, -0.1) is 0 Å². The van der Waals surface area contributed by atoms with E-state index in [1.54, 1.807) is 4.90 Å². The van der Waals surface area contributed by atoms with Crippen LogP contribution in [0.5, 0.6) is 0 Å². The Morgan fingerprint density at radius 3 is 2.24 bits per heavy atom. The van der Waals surface area contributed by atoms with Crippen molar-refractivity contribution in [2.45, 2.75) is 32.6 Å². The van der Waals surface area contributed by atoms with Gasteiger partial charge in [0.25, 0.3) is 5.91 Å². The molecule has 0 aromatic heterocycles. The normalized spacial score (nSPS) is 11.2. The Labute approximate surface area is 149 Å². The first-order valence-corrected chi connectivity index (χ1v) is 8.45. The van der Waals surface area contributed by atoms with Gasteiger partial charge < -0.3 is 19.5 Å². The fraction of sp³-hybridized carbons (Fsp3) is 0.579. The number of rotatable bonds is 9. The molecule has 6 heteroatoms. The molecule has 0 fully saturated rings. The Balaban J connectivity index is 2.80. The Hall–Kier alpha value is -1.92. The van der Waals surface area contributed by atoms with Gasteiger partial charge >= 0.3 is 5.97 Å². The minimum Gasteiger partial charge on any atom is -0.469 e. The molecule has 0 saturated carbocycles. The van der Waals surface area contributed by atoms with Crippen LogP contribution in [0.3, 0.4) is 0 Å². The summed E-state index contributed by atoms with van der Waals surface area (Å²) in [6.45, 7) is 7.41. The number of esters is 1. The first kappa shape index (κ1) is 21.1. The lowest BCUT2D eigenvalue weighted by atomic mass is 9.86. The van der Waals surface area contributed by atoms with E-state index in [1.165, 1.54) is 7.11 Å². The largest absolute Gasteiger partial charge is 0.469 e. The fourth-order valence-corrected chi connectivity index (χ4v) is 2.28. The lowest BCUT2D eigenvalue weighted by molar-refractivity contribution is -0.140. The minimum absolute atomic E-state index is 0.0181. The summed E-state index contributed by atoms with van der Waals surface area (Å²) in [5.74, 6) is -0.519. The smallest absolute Gasteiger partial charge is 0.307 e. The van der Waals surface area contributed by atoms with Crippen molar-refractivity contribution in [3.63, 3.8) is 0 Å². The van der Waals surface area contributed by atoms with Gasteiger partial charge in [-0.05, 0) is 23.1 Å². The highest BCUT2D eigenvalue weighted by molar-refractivity contribution is 5.94. The molecular formula is C19H29NO5. The molecule has 0 aliphatic rings. The molecule has 140 valence electrons. The van der Waals surface area contributed by atoms with Gasteiger partial charge in [-0.2, -0.15) is 0 Å². The molecule has 1 N–H and O–H groups in total. The van der Waals surface area contributed by atoms with Crippen molar-refractivity contribution in [2.75, 3.05) is 40.0 Å². The topological polar surface area (TPSA) is 76.1 Å². The predicted octanol–water partition coefficient (Wildman–Crippen LogP) is 2.00. The number of hydrogen-bond acceptors (Lipinski definition) is 5. The van der Waals surface area contributed by atoms with E-state index in [-0.39, 0.29) is 43.5 Å². The van der Waals surface area contributed by atoms with Gasteiger partial charge in [0.15, 0.2) is 0 Å². The molecule has 1 aromatic carbocycles. The standard InChI is InChI=1S/C19H29NO5/c1-19(2,3)16-7-5-15(6-8-16)18(23)20(10-9-17(22)24-4)11-13-25-14-12-21/h5-8,21H,9-14H2,1-4H3. The number of carbonyl (C=O) groups excluding carboxylic acids is 2. The van der Waals surface area contributed by atoms with Crippen molar-refractivity contribution >= 4 is 11.9 Å². The summed E-state index contributed by atoms with van der Waals surface area (Å²) in [5, 5.41) is 8.75. The lowest BCUT2D eigenvalue weighted by Crippen LogP contribution is -2.36. The number of nitrogens with zero attached hydrogens (tertiary/aromatic N) is 1. The molecule has 0 radical (unpaired) electrons. The molecule has 0 heterocycles. The molecule has 1 amide bonds. The van der Waals surface area contributed by atoms with E-state index in [9.17, 15) is 9.59 Å². The van der Waals surface area contributed by atoms with Gasteiger partial charge in [0.2, 0.25) is 0 Å². The number of hydrogen-bond donors (Lipinski definition) is 1. The molecule has 0 bridgehead atoms. The van der Waals surface area contributed by atoms with Gasteiger partial charge in [0, 0.05) is 18.7 Å². The van der Waals surface area contributed by atoms with Crippen LogP contribution in [-0.2, 0) is 19.7 Å². The fourth-order valence-electron chi connectivity index (χ4n) is 2.28. The summed E-state index contributed by atoms with van der Waals surface area (Å²) < 4.78 is 9.88. The Kier molecular flexibility index (Phi) is 8.58. The maximum absolute atomic E-state index is 12.7. The van der Waals surface area contributed by atoms with Crippen LogP contribution < -0.4 is 0 Å². The van der Waals surface area contributed by atoms with E-state index in [2.05, 4.69) is 25.5 Å². The Morgan fingerprint density at radius 1 is 1.08 bits per heavy atom. The predicted molar refractivity (Wildman–Crippen MR) is 95.6 cm³/mol. The zero-order chi connectivity index (χ0) is 18.9. The zero-order valence-electron chi connectivity index (χ0n) is 15.6.